The molecule has 0 aromatic heterocycles. The molecule has 0 radical (unpaired) electrons. The second kappa shape index (κ2) is 5.87. The standard InChI is InChI=1S/C19H20O/c1-15-9-7-8-12-17(15)18(20)13-14-19(2,3)16-10-5-4-6-11-16/h4-14H,1-3H3/b14-13+. The van der Waals surface area contributed by atoms with Gasteiger partial charge in [0.05, 0.1) is 0 Å². The Hall–Kier alpha value is -2.15. The highest BCUT2D eigenvalue weighted by Gasteiger charge is 2.17. The molecule has 102 valence electrons. The fourth-order valence-corrected chi connectivity index (χ4v) is 2.19. The highest BCUT2D eigenvalue weighted by atomic mass is 16.1. The van der Waals surface area contributed by atoms with Crippen molar-refractivity contribution in [2.24, 2.45) is 0 Å². The van der Waals surface area contributed by atoms with Gasteiger partial charge in [-0.15, -0.1) is 0 Å². The summed E-state index contributed by atoms with van der Waals surface area (Å²) in [6, 6.07) is 17.9. The van der Waals surface area contributed by atoms with Crippen molar-refractivity contribution in [1.29, 1.82) is 0 Å². The van der Waals surface area contributed by atoms with E-state index in [9.17, 15) is 4.79 Å². The first kappa shape index (κ1) is 14.3. The van der Waals surface area contributed by atoms with Crippen molar-refractivity contribution in [3.8, 4) is 0 Å². The summed E-state index contributed by atoms with van der Waals surface area (Å²) in [5, 5.41) is 0. The van der Waals surface area contributed by atoms with Gasteiger partial charge < -0.3 is 0 Å². The van der Waals surface area contributed by atoms with Crippen LogP contribution in [-0.2, 0) is 5.41 Å². The van der Waals surface area contributed by atoms with Crippen LogP contribution in [-0.4, -0.2) is 5.78 Å². The van der Waals surface area contributed by atoms with E-state index in [0.717, 1.165) is 11.1 Å². The largest absolute Gasteiger partial charge is 0.289 e. The van der Waals surface area contributed by atoms with Crippen LogP contribution in [0, 0.1) is 6.92 Å². The molecule has 1 heteroatoms. The Morgan fingerprint density at radius 2 is 1.55 bits per heavy atom. The Labute approximate surface area is 121 Å². The fraction of sp³-hybridized carbons (Fsp3) is 0.211. The molecule has 0 bridgehead atoms. The summed E-state index contributed by atoms with van der Waals surface area (Å²) >= 11 is 0. The lowest BCUT2D eigenvalue weighted by molar-refractivity contribution is 0.104. The minimum Gasteiger partial charge on any atom is -0.289 e. The van der Waals surface area contributed by atoms with Crippen LogP contribution in [0.5, 0.6) is 0 Å². The monoisotopic (exact) mass is 264 g/mol. The van der Waals surface area contributed by atoms with E-state index in [2.05, 4.69) is 26.0 Å². The smallest absolute Gasteiger partial charge is 0.185 e. The first-order valence-corrected chi connectivity index (χ1v) is 6.85. The molecule has 0 heterocycles. The summed E-state index contributed by atoms with van der Waals surface area (Å²) in [7, 11) is 0. The van der Waals surface area contributed by atoms with Gasteiger partial charge >= 0.3 is 0 Å². The van der Waals surface area contributed by atoms with Gasteiger partial charge in [0.1, 0.15) is 0 Å². The van der Waals surface area contributed by atoms with Crippen LogP contribution >= 0.6 is 0 Å². The van der Waals surface area contributed by atoms with Crippen molar-refractivity contribution in [3.05, 3.63) is 83.4 Å². The number of carbonyl (C=O) groups is 1. The van der Waals surface area contributed by atoms with Crippen LogP contribution in [0.3, 0.4) is 0 Å². The first-order valence-electron chi connectivity index (χ1n) is 6.85. The van der Waals surface area contributed by atoms with Gasteiger partial charge in [-0.2, -0.15) is 0 Å². The molecular formula is C19H20O. The molecule has 2 aromatic carbocycles. The van der Waals surface area contributed by atoms with Gasteiger partial charge in [0.15, 0.2) is 5.78 Å². The summed E-state index contributed by atoms with van der Waals surface area (Å²) in [5.74, 6) is 0.0621. The third kappa shape index (κ3) is 3.24. The Bertz CT molecular complexity index is 621. The van der Waals surface area contributed by atoms with Crippen LogP contribution in [0.15, 0.2) is 66.7 Å². The summed E-state index contributed by atoms with van der Waals surface area (Å²) < 4.78 is 0. The SMILES string of the molecule is Cc1ccccc1C(=O)/C=C/C(C)(C)c1ccccc1. The quantitative estimate of drug-likeness (QED) is 0.577. The normalized spacial score (nSPS) is 11.8. The van der Waals surface area contributed by atoms with Crippen molar-refractivity contribution >= 4 is 5.78 Å². The second-order valence-corrected chi connectivity index (χ2v) is 5.60. The Morgan fingerprint density at radius 1 is 0.950 bits per heavy atom. The highest BCUT2D eigenvalue weighted by molar-refractivity contribution is 6.05. The van der Waals surface area contributed by atoms with Crippen molar-refractivity contribution < 1.29 is 4.79 Å². The topological polar surface area (TPSA) is 17.1 Å². The van der Waals surface area contributed by atoms with E-state index in [4.69, 9.17) is 0 Å². The van der Waals surface area contributed by atoms with Gasteiger partial charge in [0.25, 0.3) is 0 Å². The molecule has 20 heavy (non-hydrogen) atoms. The van der Waals surface area contributed by atoms with Crippen LogP contribution in [0.2, 0.25) is 0 Å². The zero-order chi connectivity index (χ0) is 14.6. The number of carbonyl (C=O) groups excluding carboxylic acids is 1. The van der Waals surface area contributed by atoms with Gasteiger partial charge in [0.2, 0.25) is 0 Å². The zero-order valence-electron chi connectivity index (χ0n) is 12.3. The molecule has 2 aromatic rings. The number of hydrogen-bond acceptors (Lipinski definition) is 1. The maximum atomic E-state index is 12.3. The van der Waals surface area contributed by atoms with Crippen molar-refractivity contribution in [2.45, 2.75) is 26.2 Å². The van der Waals surface area contributed by atoms with Crippen molar-refractivity contribution in [1.82, 2.24) is 0 Å². The molecule has 0 aliphatic rings. The van der Waals surface area contributed by atoms with E-state index < -0.39 is 0 Å². The predicted molar refractivity (Wildman–Crippen MR) is 84.1 cm³/mol. The van der Waals surface area contributed by atoms with Gasteiger partial charge in [-0.3, -0.25) is 4.79 Å². The molecule has 0 fully saturated rings. The van der Waals surface area contributed by atoms with E-state index in [1.165, 1.54) is 5.56 Å². The summed E-state index contributed by atoms with van der Waals surface area (Å²) in [4.78, 5) is 12.3. The van der Waals surface area contributed by atoms with E-state index >= 15 is 0 Å². The number of allylic oxidation sites excluding steroid dienone is 2. The molecule has 0 N–H and O–H groups in total. The Morgan fingerprint density at radius 3 is 2.20 bits per heavy atom. The number of rotatable bonds is 4. The number of benzene rings is 2. The van der Waals surface area contributed by atoms with Gasteiger partial charge in [0, 0.05) is 11.0 Å². The lowest BCUT2D eigenvalue weighted by Crippen LogP contribution is -2.14. The molecule has 0 aliphatic carbocycles. The van der Waals surface area contributed by atoms with Crippen LogP contribution in [0.1, 0.15) is 35.3 Å². The summed E-state index contributed by atoms with van der Waals surface area (Å²) in [6.07, 6.45) is 3.67. The minimum atomic E-state index is -0.153. The molecule has 1 nitrogen and oxygen atoms in total. The average Bonchev–Trinajstić information content (AvgIpc) is 2.46. The Balaban J connectivity index is 2.21. The van der Waals surface area contributed by atoms with Gasteiger partial charge in [-0.25, -0.2) is 0 Å². The maximum absolute atomic E-state index is 12.3. The van der Waals surface area contributed by atoms with E-state index in [0.29, 0.717) is 0 Å². The molecule has 0 spiro atoms. The zero-order valence-corrected chi connectivity index (χ0v) is 12.3. The number of hydrogen-bond donors (Lipinski definition) is 0. The minimum absolute atomic E-state index is 0.0621. The van der Waals surface area contributed by atoms with Gasteiger partial charge in [-0.05, 0) is 24.1 Å². The van der Waals surface area contributed by atoms with Crippen LogP contribution < -0.4 is 0 Å². The second-order valence-electron chi connectivity index (χ2n) is 5.60. The molecule has 0 saturated heterocycles. The van der Waals surface area contributed by atoms with E-state index in [1.54, 1.807) is 6.08 Å². The molecule has 2 rings (SSSR count). The molecular weight excluding hydrogens is 244 g/mol. The van der Waals surface area contributed by atoms with Crippen LogP contribution in [0.25, 0.3) is 0 Å². The highest BCUT2D eigenvalue weighted by Crippen LogP contribution is 2.24. The Kier molecular flexibility index (Phi) is 4.19. The summed E-state index contributed by atoms with van der Waals surface area (Å²) in [5.41, 5.74) is 2.83. The van der Waals surface area contributed by atoms with Crippen molar-refractivity contribution in [2.75, 3.05) is 0 Å². The van der Waals surface area contributed by atoms with Gasteiger partial charge in [-0.1, -0.05) is 74.5 Å². The fourth-order valence-electron chi connectivity index (χ4n) is 2.19. The first-order chi connectivity index (χ1) is 9.50. The molecule has 0 aliphatic heterocycles. The lowest BCUT2D eigenvalue weighted by atomic mass is 9.84. The van der Waals surface area contributed by atoms with Crippen molar-refractivity contribution in [3.63, 3.8) is 0 Å². The van der Waals surface area contributed by atoms with Crippen LogP contribution in [0.4, 0.5) is 0 Å². The molecule has 0 atom stereocenters. The summed E-state index contributed by atoms with van der Waals surface area (Å²) in [6.45, 7) is 6.19. The predicted octanol–water partition coefficient (Wildman–Crippen LogP) is 4.71. The molecule has 0 saturated carbocycles. The molecule has 0 unspecified atom stereocenters. The average molecular weight is 264 g/mol. The molecule has 0 amide bonds. The number of aryl methyl sites for hydroxylation is 1. The maximum Gasteiger partial charge on any atom is 0.185 e. The third-order valence-electron chi connectivity index (χ3n) is 3.58. The van der Waals surface area contributed by atoms with E-state index in [-0.39, 0.29) is 11.2 Å². The number of ketones is 1. The third-order valence-corrected chi connectivity index (χ3v) is 3.58. The van der Waals surface area contributed by atoms with E-state index in [1.807, 2.05) is 55.5 Å². The lowest BCUT2D eigenvalue weighted by Gasteiger charge is -2.20.